The van der Waals surface area contributed by atoms with Crippen LogP contribution in [-0.4, -0.2) is 24.8 Å². The summed E-state index contributed by atoms with van der Waals surface area (Å²) in [6.45, 7) is 5.36. The van der Waals surface area contributed by atoms with Crippen LogP contribution in [-0.2, 0) is 35.3 Å². The summed E-state index contributed by atoms with van der Waals surface area (Å²) < 4.78 is 11.0. The van der Waals surface area contributed by atoms with Crippen molar-refractivity contribution in [2.24, 2.45) is 0 Å². The van der Waals surface area contributed by atoms with Gasteiger partial charge in [-0.25, -0.2) is 0 Å². The molecular weight excluding hydrogens is 570 g/mol. The van der Waals surface area contributed by atoms with Crippen LogP contribution in [0.4, 0.5) is 17.1 Å². The molecule has 5 heteroatoms. The molecule has 0 fully saturated rings. The lowest BCUT2D eigenvalue weighted by Crippen LogP contribution is -2.10. The molecule has 0 heterocycles. The summed E-state index contributed by atoms with van der Waals surface area (Å²) in [4.78, 5) is 24.6. The highest BCUT2D eigenvalue weighted by Crippen LogP contribution is 2.35. The predicted octanol–water partition coefficient (Wildman–Crippen LogP) is 8.97. The summed E-state index contributed by atoms with van der Waals surface area (Å²) in [6.07, 6.45) is 3.71. The van der Waals surface area contributed by atoms with E-state index < -0.39 is 0 Å². The van der Waals surface area contributed by atoms with Gasteiger partial charge in [0, 0.05) is 17.1 Å². The fourth-order valence-corrected chi connectivity index (χ4v) is 5.22. The number of anilines is 3. The first kappa shape index (κ1) is 32.2. The SMILES string of the molecule is CC(=O)COc1ccc(CCc2ccc(N(c3ccc(C)cc3)c3ccc(CCc4ccc(OCC(C)=O)cc4)cc3)cc2)cc1. The number of hydrogen-bond donors (Lipinski definition) is 0. The molecule has 0 bridgehead atoms. The van der Waals surface area contributed by atoms with Crippen LogP contribution in [0, 0.1) is 6.92 Å². The quantitative estimate of drug-likeness (QED) is 0.118. The van der Waals surface area contributed by atoms with Crippen molar-refractivity contribution in [3.63, 3.8) is 0 Å². The number of nitrogens with zero attached hydrogens (tertiary/aromatic N) is 1. The Balaban J connectivity index is 1.24. The van der Waals surface area contributed by atoms with Crippen molar-refractivity contribution in [3.8, 4) is 11.5 Å². The van der Waals surface area contributed by atoms with Gasteiger partial charge in [0.25, 0.3) is 0 Å². The Morgan fingerprint density at radius 3 is 1.04 bits per heavy atom. The molecule has 5 nitrogen and oxygen atoms in total. The minimum absolute atomic E-state index is 0.0132. The van der Waals surface area contributed by atoms with E-state index in [0.29, 0.717) is 0 Å². The number of hydrogen-bond acceptors (Lipinski definition) is 5. The second-order valence-corrected chi connectivity index (χ2v) is 11.8. The Kier molecular flexibility index (Phi) is 11.0. The van der Waals surface area contributed by atoms with Crippen molar-refractivity contribution in [2.45, 2.75) is 46.5 Å². The van der Waals surface area contributed by atoms with Crippen LogP contribution < -0.4 is 14.4 Å². The van der Waals surface area contributed by atoms with Crippen LogP contribution in [0.15, 0.2) is 121 Å². The van der Waals surface area contributed by atoms with E-state index in [1.54, 1.807) is 0 Å². The Bertz CT molecular complexity index is 1600. The van der Waals surface area contributed by atoms with Gasteiger partial charge < -0.3 is 14.4 Å². The normalized spacial score (nSPS) is 10.8. The van der Waals surface area contributed by atoms with E-state index in [9.17, 15) is 9.59 Å². The van der Waals surface area contributed by atoms with Gasteiger partial charge in [0.05, 0.1) is 0 Å². The molecule has 0 aliphatic rings. The first-order valence-electron chi connectivity index (χ1n) is 15.8. The number of Topliss-reactive ketones (excluding diaryl/α,β-unsaturated/α-hetero) is 2. The molecule has 5 aromatic carbocycles. The smallest absolute Gasteiger partial charge is 0.167 e. The van der Waals surface area contributed by atoms with Crippen molar-refractivity contribution < 1.29 is 19.1 Å². The number of ketones is 2. The first-order valence-corrected chi connectivity index (χ1v) is 15.8. The van der Waals surface area contributed by atoms with Crippen molar-refractivity contribution in [2.75, 3.05) is 18.1 Å². The maximum absolute atomic E-state index is 11.2. The zero-order chi connectivity index (χ0) is 32.3. The van der Waals surface area contributed by atoms with E-state index in [0.717, 1.165) is 54.2 Å². The highest BCUT2D eigenvalue weighted by Gasteiger charge is 2.13. The lowest BCUT2D eigenvalue weighted by Gasteiger charge is -2.26. The number of benzene rings is 5. The molecule has 0 aliphatic heterocycles. The Hall–Kier alpha value is -5.16. The summed E-state index contributed by atoms with van der Waals surface area (Å²) >= 11 is 0. The molecule has 0 saturated carbocycles. The average molecular weight is 612 g/mol. The zero-order valence-electron chi connectivity index (χ0n) is 26.9. The van der Waals surface area contributed by atoms with E-state index in [1.807, 2.05) is 24.3 Å². The maximum atomic E-state index is 11.2. The van der Waals surface area contributed by atoms with E-state index in [2.05, 4.69) is 109 Å². The standard InChI is InChI=1S/C41H41NO4/c1-30-4-18-37(19-5-30)42(38-20-10-33(11-21-38)6-8-35-14-24-40(25-15-35)45-28-31(2)43)39-22-12-34(13-23-39)7-9-36-16-26-41(27-17-36)46-29-32(3)44/h4-5,10-27H,6-9,28-29H2,1-3H3. The molecule has 234 valence electrons. The molecule has 5 aromatic rings. The molecule has 0 aliphatic carbocycles. The third-order valence-corrected chi connectivity index (χ3v) is 7.82. The summed E-state index contributed by atoms with van der Waals surface area (Å²) in [6, 6.07) is 42.3. The average Bonchev–Trinajstić information content (AvgIpc) is 3.07. The lowest BCUT2D eigenvalue weighted by atomic mass is 10.0. The van der Waals surface area contributed by atoms with E-state index >= 15 is 0 Å². The van der Waals surface area contributed by atoms with Crippen LogP contribution in [0.1, 0.15) is 41.7 Å². The van der Waals surface area contributed by atoms with Crippen molar-refractivity contribution in [1.82, 2.24) is 0 Å². The Morgan fingerprint density at radius 2 is 0.739 bits per heavy atom. The summed E-state index contributed by atoms with van der Waals surface area (Å²) in [7, 11) is 0. The fraction of sp³-hybridized carbons (Fsp3) is 0.220. The predicted molar refractivity (Wildman–Crippen MR) is 186 cm³/mol. The largest absolute Gasteiger partial charge is 0.486 e. The van der Waals surface area contributed by atoms with Gasteiger partial charge in [-0.05, 0) is 129 Å². The third kappa shape index (κ3) is 9.42. The maximum Gasteiger partial charge on any atom is 0.167 e. The minimum Gasteiger partial charge on any atom is -0.486 e. The number of carbonyl (C=O) groups is 2. The van der Waals surface area contributed by atoms with Crippen molar-refractivity contribution in [1.29, 1.82) is 0 Å². The van der Waals surface area contributed by atoms with Crippen LogP contribution in [0.2, 0.25) is 0 Å². The fourth-order valence-electron chi connectivity index (χ4n) is 5.22. The minimum atomic E-state index is 0.0132. The molecule has 0 N–H and O–H groups in total. The zero-order valence-corrected chi connectivity index (χ0v) is 26.9. The van der Waals surface area contributed by atoms with Gasteiger partial charge in [-0.15, -0.1) is 0 Å². The number of aryl methyl sites for hydroxylation is 5. The van der Waals surface area contributed by atoms with Crippen molar-refractivity contribution in [3.05, 3.63) is 149 Å². The number of carbonyl (C=O) groups excluding carboxylic acids is 2. The topological polar surface area (TPSA) is 55.8 Å². The molecule has 46 heavy (non-hydrogen) atoms. The molecule has 0 saturated heterocycles. The molecule has 0 amide bonds. The van der Waals surface area contributed by atoms with Gasteiger partial charge in [0.1, 0.15) is 24.7 Å². The molecule has 0 atom stereocenters. The van der Waals surface area contributed by atoms with Crippen molar-refractivity contribution >= 4 is 28.6 Å². The van der Waals surface area contributed by atoms with Gasteiger partial charge in [0.2, 0.25) is 0 Å². The lowest BCUT2D eigenvalue weighted by molar-refractivity contribution is -0.119. The molecule has 0 aromatic heterocycles. The first-order chi connectivity index (χ1) is 22.3. The van der Waals surface area contributed by atoms with Gasteiger partial charge in [0.15, 0.2) is 11.6 Å². The van der Waals surface area contributed by atoms with Gasteiger partial charge in [-0.3, -0.25) is 9.59 Å². The Labute approximate surface area is 272 Å². The summed E-state index contributed by atoms with van der Waals surface area (Å²) in [5, 5.41) is 0. The van der Waals surface area contributed by atoms with E-state index in [1.165, 1.54) is 41.7 Å². The van der Waals surface area contributed by atoms with E-state index in [-0.39, 0.29) is 24.8 Å². The second kappa shape index (κ2) is 15.7. The summed E-state index contributed by atoms with van der Waals surface area (Å²) in [5.74, 6) is 1.46. The third-order valence-electron chi connectivity index (χ3n) is 7.82. The van der Waals surface area contributed by atoms with Crippen LogP contribution in [0.25, 0.3) is 0 Å². The monoisotopic (exact) mass is 611 g/mol. The van der Waals surface area contributed by atoms with Gasteiger partial charge >= 0.3 is 0 Å². The van der Waals surface area contributed by atoms with E-state index in [4.69, 9.17) is 9.47 Å². The second-order valence-electron chi connectivity index (χ2n) is 11.8. The molecule has 0 spiro atoms. The summed E-state index contributed by atoms with van der Waals surface area (Å²) in [5.41, 5.74) is 9.58. The number of ether oxygens (including phenoxy) is 2. The Morgan fingerprint density at radius 1 is 0.457 bits per heavy atom. The molecule has 0 radical (unpaired) electrons. The van der Waals surface area contributed by atoms with Gasteiger partial charge in [-0.2, -0.15) is 0 Å². The number of rotatable bonds is 15. The van der Waals surface area contributed by atoms with Crippen LogP contribution in [0.5, 0.6) is 11.5 Å². The molecule has 5 rings (SSSR count). The highest BCUT2D eigenvalue weighted by atomic mass is 16.5. The highest BCUT2D eigenvalue weighted by molar-refractivity contribution is 5.78. The molecule has 0 unspecified atom stereocenters. The van der Waals surface area contributed by atoms with Crippen LogP contribution >= 0.6 is 0 Å². The van der Waals surface area contributed by atoms with Crippen LogP contribution in [0.3, 0.4) is 0 Å². The van der Waals surface area contributed by atoms with Gasteiger partial charge in [-0.1, -0.05) is 66.2 Å². The molecular formula is C41H41NO4.